The maximum Gasteiger partial charge on any atom is 0.323 e. The van der Waals surface area contributed by atoms with E-state index in [-0.39, 0.29) is 12.0 Å². The minimum absolute atomic E-state index is 0.121. The Morgan fingerprint density at radius 2 is 2.19 bits per heavy atom. The van der Waals surface area contributed by atoms with Gasteiger partial charge in [-0.3, -0.25) is 4.79 Å². The molecule has 0 aromatic heterocycles. The summed E-state index contributed by atoms with van der Waals surface area (Å²) in [4.78, 5) is 10.6. The zero-order chi connectivity index (χ0) is 12.3. The van der Waals surface area contributed by atoms with Gasteiger partial charge in [0.05, 0.1) is 0 Å². The lowest BCUT2D eigenvalue weighted by Crippen LogP contribution is -2.45. The number of carboxylic acids is 1. The van der Waals surface area contributed by atoms with Gasteiger partial charge in [0.15, 0.2) is 5.25 Å². The molecule has 0 aliphatic heterocycles. The minimum Gasteiger partial charge on any atom is -0.480 e. The topological polar surface area (TPSA) is 109 Å². The van der Waals surface area contributed by atoms with Crippen molar-refractivity contribution in [3.8, 4) is 0 Å². The van der Waals surface area contributed by atoms with E-state index in [4.69, 9.17) is 10.8 Å². The number of hydrogen-bond acceptors (Lipinski definition) is 4. The van der Waals surface area contributed by atoms with Crippen molar-refractivity contribution in [1.82, 2.24) is 4.72 Å². The van der Waals surface area contributed by atoms with E-state index in [1.807, 2.05) is 0 Å². The Bertz CT molecular complexity index is 355. The third-order valence-corrected chi connectivity index (χ3v) is 4.85. The first-order chi connectivity index (χ1) is 7.38. The summed E-state index contributed by atoms with van der Waals surface area (Å²) in [5.74, 6) is -1.22. The second-order valence-corrected chi connectivity index (χ2v) is 6.21. The second kappa shape index (κ2) is 5.11. The van der Waals surface area contributed by atoms with Gasteiger partial charge < -0.3 is 10.8 Å². The predicted octanol–water partition coefficient (Wildman–Crippen LogP) is -0.494. The first-order valence-electron chi connectivity index (χ1n) is 5.32. The average Bonchev–Trinajstić information content (AvgIpc) is 2.63. The zero-order valence-corrected chi connectivity index (χ0v) is 10.0. The number of nitrogens with two attached hydrogens (primary N) is 1. The summed E-state index contributed by atoms with van der Waals surface area (Å²) in [5.41, 5.74) is 5.53. The van der Waals surface area contributed by atoms with Crippen molar-refractivity contribution < 1.29 is 18.3 Å². The quantitative estimate of drug-likeness (QED) is 0.609. The molecular formula is C9H18N2O4S. The molecule has 0 saturated heterocycles. The van der Waals surface area contributed by atoms with Crippen LogP contribution in [-0.4, -0.2) is 37.3 Å². The summed E-state index contributed by atoms with van der Waals surface area (Å²) in [6.07, 6.45) is 2.55. The third-order valence-electron chi connectivity index (χ3n) is 3.09. The van der Waals surface area contributed by atoms with Crippen molar-refractivity contribution in [1.29, 1.82) is 0 Å². The molecule has 0 radical (unpaired) electrons. The van der Waals surface area contributed by atoms with Crippen molar-refractivity contribution in [2.45, 2.75) is 37.5 Å². The lowest BCUT2D eigenvalue weighted by Gasteiger charge is -2.20. The molecule has 1 saturated carbocycles. The van der Waals surface area contributed by atoms with Crippen LogP contribution in [0.2, 0.25) is 0 Å². The van der Waals surface area contributed by atoms with Crippen LogP contribution in [0.3, 0.4) is 0 Å². The largest absolute Gasteiger partial charge is 0.480 e. The highest BCUT2D eigenvalue weighted by Gasteiger charge is 2.34. The van der Waals surface area contributed by atoms with Gasteiger partial charge in [-0.25, -0.2) is 13.1 Å². The fourth-order valence-electron chi connectivity index (χ4n) is 1.92. The van der Waals surface area contributed by atoms with E-state index < -0.39 is 21.2 Å². The van der Waals surface area contributed by atoms with Crippen molar-refractivity contribution in [2.75, 3.05) is 6.54 Å². The van der Waals surface area contributed by atoms with Gasteiger partial charge in [-0.05, 0) is 32.2 Å². The van der Waals surface area contributed by atoms with Crippen molar-refractivity contribution in [2.24, 2.45) is 11.7 Å². The van der Waals surface area contributed by atoms with Gasteiger partial charge in [-0.1, -0.05) is 6.42 Å². The van der Waals surface area contributed by atoms with Crippen LogP contribution in [0, 0.1) is 5.92 Å². The van der Waals surface area contributed by atoms with Gasteiger partial charge in [0, 0.05) is 6.04 Å². The third kappa shape index (κ3) is 2.93. The molecule has 3 unspecified atom stereocenters. The number of carbonyl (C=O) groups is 1. The molecule has 6 nitrogen and oxygen atoms in total. The summed E-state index contributed by atoms with van der Waals surface area (Å²) in [6, 6.07) is -0.211. The molecule has 4 N–H and O–H groups in total. The zero-order valence-electron chi connectivity index (χ0n) is 9.22. The maximum absolute atomic E-state index is 11.7. The summed E-state index contributed by atoms with van der Waals surface area (Å²) in [6.45, 7) is 1.59. The van der Waals surface area contributed by atoms with Crippen LogP contribution in [0.15, 0.2) is 0 Å². The highest BCUT2D eigenvalue weighted by atomic mass is 32.2. The Balaban J connectivity index is 2.69. The molecule has 0 bridgehead atoms. The van der Waals surface area contributed by atoms with Gasteiger partial charge in [0.25, 0.3) is 0 Å². The fraction of sp³-hybridized carbons (Fsp3) is 0.889. The van der Waals surface area contributed by atoms with E-state index in [9.17, 15) is 13.2 Å². The smallest absolute Gasteiger partial charge is 0.323 e. The summed E-state index contributed by atoms with van der Waals surface area (Å²) >= 11 is 0. The summed E-state index contributed by atoms with van der Waals surface area (Å²) in [5, 5.41) is 7.25. The molecule has 0 amide bonds. The Hall–Kier alpha value is -0.660. The molecule has 1 aliphatic carbocycles. The van der Waals surface area contributed by atoms with Gasteiger partial charge in [-0.2, -0.15) is 0 Å². The van der Waals surface area contributed by atoms with Crippen molar-refractivity contribution in [3.63, 3.8) is 0 Å². The number of rotatable bonds is 5. The van der Waals surface area contributed by atoms with Crippen LogP contribution >= 0.6 is 0 Å². The Morgan fingerprint density at radius 3 is 2.69 bits per heavy atom. The number of nitrogens with one attached hydrogen (secondary N) is 1. The number of carboxylic acid groups (broad SMARTS) is 1. The summed E-state index contributed by atoms with van der Waals surface area (Å²) in [7, 11) is -3.79. The molecule has 0 aromatic carbocycles. The van der Waals surface area contributed by atoms with Gasteiger partial charge >= 0.3 is 5.97 Å². The summed E-state index contributed by atoms with van der Waals surface area (Å²) < 4.78 is 25.8. The first kappa shape index (κ1) is 13.4. The molecule has 1 aliphatic rings. The van der Waals surface area contributed by atoms with Gasteiger partial charge in [0.1, 0.15) is 0 Å². The molecule has 1 fully saturated rings. The van der Waals surface area contributed by atoms with Crippen LogP contribution in [0.4, 0.5) is 0 Å². The first-order valence-corrected chi connectivity index (χ1v) is 6.87. The molecular weight excluding hydrogens is 232 g/mol. The minimum atomic E-state index is -3.79. The average molecular weight is 250 g/mol. The second-order valence-electron chi connectivity index (χ2n) is 4.18. The van der Waals surface area contributed by atoms with Gasteiger partial charge in [0.2, 0.25) is 10.0 Å². The van der Waals surface area contributed by atoms with Crippen LogP contribution in [0.25, 0.3) is 0 Å². The van der Waals surface area contributed by atoms with Crippen molar-refractivity contribution in [3.05, 3.63) is 0 Å². The number of sulfonamides is 1. The molecule has 1 rings (SSSR count). The maximum atomic E-state index is 11.7. The molecule has 0 heterocycles. The Labute approximate surface area is 95.3 Å². The molecule has 0 aromatic rings. The molecule has 94 valence electrons. The lowest BCUT2D eigenvalue weighted by atomic mass is 10.1. The van der Waals surface area contributed by atoms with Crippen LogP contribution in [0.5, 0.6) is 0 Å². The molecule has 0 spiro atoms. The number of aliphatic carboxylic acids is 1. The SMILES string of the molecule is CC(C(=O)O)S(=O)(=O)NC1CCCC1CN. The van der Waals surface area contributed by atoms with E-state index in [1.54, 1.807) is 0 Å². The van der Waals surface area contributed by atoms with Crippen LogP contribution < -0.4 is 10.5 Å². The van der Waals surface area contributed by atoms with Crippen LogP contribution in [0.1, 0.15) is 26.2 Å². The normalized spacial score (nSPS) is 27.9. The monoisotopic (exact) mass is 250 g/mol. The highest BCUT2D eigenvalue weighted by Crippen LogP contribution is 2.25. The van der Waals surface area contributed by atoms with E-state index in [2.05, 4.69) is 4.72 Å². The van der Waals surface area contributed by atoms with Crippen LogP contribution in [-0.2, 0) is 14.8 Å². The van der Waals surface area contributed by atoms with E-state index in [1.165, 1.54) is 0 Å². The van der Waals surface area contributed by atoms with E-state index >= 15 is 0 Å². The fourth-order valence-corrected chi connectivity index (χ4v) is 3.12. The van der Waals surface area contributed by atoms with Gasteiger partial charge in [-0.15, -0.1) is 0 Å². The predicted molar refractivity (Wildman–Crippen MR) is 59.3 cm³/mol. The van der Waals surface area contributed by atoms with Crippen molar-refractivity contribution >= 4 is 16.0 Å². The van der Waals surface area contributed by atoms with E-state index in [0.29, 0.717) is 6.54 Å². The number of hydrogen-bond donors (Lipinski definition) is 3. The molecule has 16 heavy (non-hydrogen) atoms. The molecule has 3 atom stereocenters. The van der Waals surface area contributed by atoms with E-state index in [0.717, 1.165) is 26.2 Å². The Kier molecular flexibility index (Phi) is 4.28. The molecule has 7 heteroatoms. The lowest BCUT2D eigenvalue weighted by molar-refractivity contribution is -0.136. The standard InChI is InChI=1S/C9H18N2O4S/c1-6(9(12)13)16(14,15)11-8-4-2-3-7(8)5-10/h6-8,11H,2-5,10H2,1H3,(H,12,13). The Morgan fingerprint density at radius 1 is 1.56 bits per heavy atom. The highest BCUT2D eigenvalue weighted by molar-refractivity contribution is 7.90.